The van der Waals surface area contributed by atoms with E-state index in [1.165, 1.54) is 12.8 Å². The lowest BCUT2D eigenvalue weighted by molar-refractivity contribution is 0.0733. The van der Waals surface area contributed by atoms with Crippen molar-refractivity contribution >= 4 is 17.0 Å². The molecular formula is C24H26N2O4. The number of likely N-dealkylation sites (tertiary alicyclic amines) is 1. The van der Waals surface area contributed by atoms with Gasteiger partial charge in [-0.05, 0) is 61.1 Å². The molecule has 2 heterocycles. The predicted molar refractivity (Wildman–Crippen MR) is 113 cm³/mol. The number of hydrogen-bond donors (Lipinski definition) is 0. The van der Waals surface area contributed by atoms with E-state index in [1.807, 2.05) is 36.4 Å². The summed E-state index contributed by atoms with van der Waals surface area (Å²) in [7, 11) is 3.24. The van der Waals surface area contributed by atoms with E-state index in [0.717, 1.165) is 30.5 Å². The molecule has 0 N–H and O–H groups in total. The number of benzene rings is 2. The molecule has 1 amide bonds. The second-order valence-corrected chi connectivity index (χ2v) is 8.30. The molecule has 5 rings (SSSR count). The quantitative estimate of drug-likeness (QED) is 0.626. The zero-order chi connectivity index (χ0) is 20.7. The zero-order valence-corrected chi connectivity index (χ0v) is 17.4. The summed E-state index contributed by atoms with van der Waals surface area (Å²) >= 11 is 0. The van der Waals surface area contributed by atoms with Crippen molar-refractivity contribution in [2.45, 2.75) is 38.1 Å². The first-order valence-electron chi connectivity index (χ1n) is 10.6. The van der Waals surface area contributed by atoms with Gasteiger partial charge in [0.1, 0.15) is 5.52 Å². The predicted octanol–water partition coefficient (Wildman–Crippen LogP) is 4.45. The Morgan fingerprint density at radius 2 is 2.00 bits per heavy atom. The van der Waals surface area contributed by atoms with E-state index < -0.39 is 0 Å². The maximum Gasteiger partial charge on any atom is 0.254 e. The SMILES string of the molecule is COc1ccc(Cc2nc3ccc(C(=O)N4C[C@@H]5CCC[C@H]4C5)cc3o2)cc1OC. The first-order valence-corrected chi connectivity index (χ1v) is 10.6. The molecule has 0 spiro atoms. The molecule has 2 bridgehead atoms. The van der Waals surface area contributed by atoms with Gasteiger partial charge < -0.3 is 18.8 Å². The molecule has 3 aromatic rings. The number of amides is 1. The Kier molecular flexibility index (Phi) is 4.85. The second-order valence-electron chi connectivity index (χ2n) is 8.30. The summed E-state index contributed by atoms with van der Waals surface area (Å²) in [5.41, 5.74) is 3.12. The van der Waals surface area contributed by atoms with Crippen LogP contribution in [0, 0.1) is 5.92 Å². The Labute approximate surface area is 175 Å². The normalized spacial score (nSPS) is 20.5. The fourth-order valence-corrected chi connectivity index (χ4v) is 4.90. The van der Waals surface area contributed by atoms with Crippen molar-refractivity contribution in [3.63, 3.8) is 0 Å². The number of carbonyl (C=O) groups is 1. The highest BCUT2D eigenvalue weighted by Gasteiger charge is 2.38. The largest absolute Gasteiger partial charge is 0.493 e. The van der Waals surface area contributed by atoms with E-state index in [4.69, 9.17) is 13.9 Å². The molecule has 30 heavy (non-hydrogen) atoms. The summed E-state index contributed by atoms with van der Waals surface area (Å²) in [5, 5.41) is 0. The Morgan fingerprint density at radius 3 is 2.80 bits per heavy atom. The van der Waals surface area contributed by atoms with E-state index in [0.29, 0.717) is 46.9 Å². The smallest absolute Gasteiger partial charge is 0.254 e. The summed E-state index contributed by atoms with van der Waals surface area (Å²) in [6.07, 6.45) is 5.31. The van der Waals surface area contributed by atoms with Crippen LogP contribution in [0.15, 0.2) is 40.8 Å². The van der Waals surface area contributed by atoms with Crippen molar-refractivity contribution in [2.24, 2.45) is 5.92 Å². The summed E-state index contributed by atoms with van der Waals surface area (Å²) < 4.78 is 16.7. The van der Waals surface area contributed by atoms with Gasteiger partial charge in [-0.3, -0.25) is 4.79 Å². The number of nitrogens with zero attached hydrogens (tertiary/aromatic N) is 2. The highest BCUT2D eigenvalue weighted by molar-refractivity contribution is 5.97. The Morgan fingerprint density at radius 1 is 1.13 bits per heavy atom. The van der Waals surface area contributed by atoms with Gasteiger partial charge in [0.25, 0.3) is 5.91 Å². The molecular weight excluding hydrogens is 380 g/mol. The number of carbonyl (C=O) groups excluding carboxylic acids is 1. The lowest BCUT2D eigenvalue weighted by atomic mass is 9.90. The molecule has 1 aliphatic heterocycles. The third-order valence-corrected chi connectivity index (χ3v) is 6.39. The van der Waals surface area contributed by atoms with E-state index in [-0.39, 0.29) is 5.91 Å². The van der Waals surface area contributed by atoms with Crippen molar-refractivity contribution < 1.29 is 18.7 Å². The minimum Gasteiger partial charge on any atom is -0.493 e. The van der Waals surface area contributed by atoms with Crippen LogP contribution in [0.2, 0.25) is 0 Å². The van der Waals surface area contributed by atoms with Crippen LogP contribution in [0.5, 0.6) is 11.5 Å². The third kappa shape index (κ3) is 3.40. The average molecular weight is 406 g/mol. The van der Waals surface area contributed by atoms with Gasteiger partial charge >= 0.3 is 0 Å². The van der Waals surface area contributed by atoms with Gasteiger partial charge in [0, 0.05) is 24.6 Å². The maximum atomic E-state index is 13.1. The lowest BCUT2D eigenvalue weighted by Gasteiger charge is -2.24. The van der Waals surface area contributed by atoms with Crippen LogP contribution in [0.25, 0.3) is 11.1 Å². The Bertz CT molecular complexity index is 1090. The maximum absolute atomic E-state index is 13.1. The molecule has 1 saturated heterocycles. The van der Waals surface area contributed by atoms with Crippen molar-refractivity contribution in [1.82, 2.24) is 9.88 Å². The van der Waals surface area contributed by atoms with Crippen LogP contribution in [0.1, 0.15) is 47.5 Å². The highest BCUT2D eigenvalue weighted by Crippen LogP contribution is 2.36. The average Bonchev–Trinajstić information content (AvgIpc) is 3.31. The fourth-order valence-electron chi connectivity index (χ4n) is 4.90. The number of rotatable bonds is 5. The molecule has 0 unspecified atom stereocenters. The van der Waals surface area contributed by atoms with Crippen LogP contribution in [-0.2, 0) is 6.42 Å². The van der Waals surface area contributed by atoms with Crippen LogP contribution in [0.4, 0.5) is 0 Å². The first kappa shape index (κ1) is 19.0. The summed E-state index contributed by atoms with van der Waals surface area (Å²) in [4.78, 5) is 19.8. The van der Waals surface area contributed by atoms with Crippen molar-refractivity contribution in [2.75, 3.05) is 20.8 Å². The molecule has 2 aromatic carbocycles. The molecule has 6 nitrogen and oxygen atoms in total. The van der Waals surface area contributed by atoms with Crippen LogP contribution >= 0.6 is 0 Å². The second kappa shape index (κ2) is 7.67. The third-order valence-electron chi connectivity index (χ3n) is 6.39. The van der Waals surface area contributed by atoms with Crippen molar-refractivity contribution in [3.8, 4) is 11.5 Å². The monoisotopic (exact) mass is 406 g/mol. The van der Waals surface area contributed by atoms with E-state index in [9.17, 15) is 4.79 Å². The van der Waals surface area contributed by atoms with Crippen LogP contribution in [-0.4, -0.2) is 42.6 Å². The molecule has 0 radical (unpaired) electrons. The van der Waals surface area contributed by atoms with E-state index in [1.54, 1.807) is 14.2 Å². The van der Waals surface area contributed by atoms with Crippen LogP contribution < -0.4 is 9.47 Å². The highest BCUT2D eigenvalue weighted by atomic mass is 16.5. The molecule has 1 saturated carbocycles. The molecule has 1 aromatic heterocycles. The van der Waals surface area contributed by atoms with Gasteiger partial charge in [0.15, 0.2) is 23.0 Å². The fraction of sp³-hybridized carbons (Fsp3) is 0.417. The topological polar surface area (TPSA) is 64.8 Å². The van der Waals surface area contributed by atoms with Crippen molar-refractivity contribution in [1.29, 1.82) is 0 Å². The number of ether oxygens (including phenoxy) is 2. The summed E-state index contributed by atoms with van der Waals surface area (Å²) in [6.45, 7) is 0.891. The number of hydrogen-bond acceptors (Lipinski definition) is 5. The first-order chi connectivity index (χ1) is 14.6. The van der Waals surface area contributed by atoms with Gasteiger partial charge in [-0.15, -0.1) is 0 Å². The molecule has 6 heteroatoms. The van der Waals surface area contributed by atoms with E-state index >= 15 is 0 Å². The Balaban J connectivity index is 1.37. The van der Waals surface area contributed by atoms with E-state index in [2.05, 4.69) is 9.88 Å². The lowest BCUT2D eigenvalue weighted by Crippen LogP contribution is -2.35. The summed E-state index contributed by atoms with van der Waals surface area (Å²) in [5.74, 6) is 2.76. The summed E-state index contributed by atoms with van der Waals surface area (Å²) in [6, 6.07) is 11.8. The Hall–Kier alpha value is -3.02. The minimum atomic E-state index is 0.115. The van der Waals surface area contributed by atoms with Crippen molar-refractivity contribution in [3.05, 3.63) is 53.4 Å². The molecule has 2 fully saturated rings. The number of fused-ring (bicyclic) bond motifs is 3. The number of methoxy groups -OCH3 is 2. The molecule has 2 atom stereocenters. The van der Waals surface area contributed by atoms with Gasteiger partial charge in [0.05, 0.1) is 14.2 Å². The number of aromatic nitrogens is 1. The molecule has 2 aliphatic rings. The van der Waals surface area contributed by atoms with Gasteiger partial charge in [-0.25, -0.2) is 4.98 Å². The van der Waals surface area contributed by atoms with Crippen LogP contribution in [0.3, 0.4) is 0 Å². The molecule has 1 aliphatic carbocycles. The van der Waals surface area contributed by atoms with Gasteiger partial charge in [-0.2, -0.15) is 0 Å². The zero-order valence-electron chi connectivity index (χ0n) is 17.4. The molecule has 156 valence electrons. The van der Waals surface area contributed by atoms with Gasteiger partial charge in [0.2, 0.25) is 0 Å². The van der Waals surface area contributed by atoms with Gasteiger partial charge in [-0.1, -0.05) is 12.5 Å². The number of oxazole rings is 1. The minimum absolute atomic E-state index is 0.115. The standard InChI is InChI=1S/C24H26N2O4/c1-28-20-9-6-15(11-22(20)29-2)12-23-25-19-8-7-17(13-21(19)30-23)24(27)26-14-16-4-3-5-18(26)10-16/h6-9,11,13,16,18H,3-5,10,12,14H2,1-2H3/t16-,18+/m1/s1.